The first-order valence-corrected chi connectivity index (χ1v) is 4.20. The standard InChI is InChI=1S/C10H9FO4/c11-7-3-1-2-6(4-7)8(10(14)15)5-9(12)13/h1-4,8H,5H2,(H,12,13)(H,14,15)/t8-/m0/s1. The molecule has 1 aromatic rings. The van der Waals surface area contributed by atoms with Crippen molar-refractivity contribution in [1.29, 1.82) is 0 Å². The number of halogens is 1. The van der Waals surface area contributed by atoms with Gasteiger partial charge in [0.1, 0.15) is 5.82 Å². The molecule has 0 spiro atoms. The van der Waals surface area contributed by atoms with Gasteiger partial charge in [-0.15, -0.1) is 0 Å². The van der Waals surface area contributed by atoms with E-state index in [4.69, 9.17) is 10.2 Å². The lowest BCUT2D eigenvalue weighted by Crippen LogP contribution is -2.15. The van der Waals surface area contributed by atoms with Gasteiger partial charge in [0, 0.05) is 0 Å². The highest BCUT2D eigenvalue weighted by atomic mass is 19.1. The summed E-state index contributed by atoms with van der Waals surface area (Å²) in [4.78, 5) is 21.2. The number of carbonyl (C=O) groups is 2. The van der Waals surface area contributed by atoms with E-state index in [1.807, 2.05) is 0 Å². The second kappa shape index (κ2) is 4.54. The smallest absolute Gasteiger partial charge is 0.311 e. The number of carboxylic acid groups (broad SMARTS) is 2. The van der Waals surface area contributed by atoms with Crippen molar-refractivity contribution in [2.45, 2.75) is 12.3 Å². The van der Waals surface area contributed by atoms with Gasteiger partial charge < -0.3 is 10.2 Å². The Hall–Kier alpha value is -1.91. The summed E-state index contributed by atoms with van der Waals surface area (Å²) in [5.74, 6) is -4.29. The zero-order chi connectivity index (χ0) is 11.4. The monoisotopic (exact) mass is 212 g/mol. The summed E-state index contributed by atoms with van der Waals surface area (Å²) in [6, 6.07) is 4.94. The van der Waals surface area contributed by atoms with Crippen molar-refractivity contribution >= 4 is 11.9 Å². The molecule has 0 aliphatic rings. The van der Waals surface area contributed by atoms with E-state index in [9.17, 15) is 14.0 Å². The molecule has 0 aliphatic heterocycles. The molecule has 1 rings (SSSR count). The quantitative estimate of drug-likeness (QED) is 0.792. The topological polar surface area (TPSA) is 74.6 Å². The van der Waals surface area contributed by atoms with Gasteiger partial charge in [-0.05, 0) is 17.7 Å². The fourth-order valence-corrected chi connectivity index (χ4v) is 1.25. The molecule has 0 heterocycles. The van der Waals surface area contributed by atoms with Crippen LogP contribution in [0.25, 0.3) is 0 Å². The zero-order valence-electron chi connectivity index (χ0n) is 7.68. The third kappa shape index (κ3) is 3.05. The summed E-state index contributed by atoms with van der Waals surface area (Å²) in [5, 5.41) is 17.3. The van der Waals surface area contributed by atoms with E-state index in [2.05, 4.69) is 0 Å². The molecule has 0 amide bonds. The van der Waals surface area contributed by atoms with E-state index in [1.54, 1.807) is 0 Å². The van der Waals surface area contributed by atoms with Crippen LogP contribution in [0.5, 0.6) is 0 Å². The molecule has 80 valence electrons. The van der Waals surface area contributed by atoms with Crippen molar-refractivity contribution in [3.05, 3.63) is 35.6 Å². The predicted octanol–water partition coefficient (Wildman–Crippen LogP) is 1.47. The van der Waals surface area contributed by atoms with Crippen LogP contribution >= 0.6 is 0 Å². The first kappa shape index (κ1) is 11.2. The van der Waals surface area contributed by atoms with Crippen LogP contribution in [0.2, 0.25) is 0 Å². The number of rotatable bonds is 4. The predicted molar refractivity (Wildman–Crippen MR) is 49.0 cm³/mol. The zero-order valence-corrected chi connectivity index (χ0v) is 7.68. The van der Waals surface area contributed by atoms with E-state index in [1.165, 1.54) is 18.2 Å². The lowest BCUT2D eigenvalue weighted by Gasteiger charge is -2.09. The summed E-state index contributed by atoms with van der Waals surface area (Å²) in [6.07, 6.45) is -0.557. The van der Waals surface area contributed by atoms with Crippen molar-refractivity contribution in [2.24, 2.45) is 0 Å². The molecule has 0 saturated heterocycles. The van der Waals surface area contributed by atoms with Crippen LogP contribution in [0.15, 0.2) is 24.3 Å². The molecule has 0 radical (unpaired) electrons. The van der Waals surface area contributed by atoms with Gasteiger partial charge >= 0.3 is 11.9 Å². The lowest BCUT2D eigenvalue weighted by atomic mass is 9.96. The second-order valence-electron chi connectivity index (χ2n) is 3.04. The highest BCUT2D eigenvalue weighted by Crippen LogP contribution is 2.20. The Morgan fingerprint density at radius 3 is 2.47 bits per heavy atom. The maximum Gasteiger partial charge on any atom is 0.311 e. The highest BCUT2D eigenvalue weighted by Gasteiger charge is 2.23. The number of benzene rings is 1. The van der Waals surface area contributed by atoms with E-state index >= 15 is 0 Å². The molecular weight excluding hydrogens is 203 g/mol. The normalized spacial score (nSPS) is 12.1. The molecule has 1 atom stereocenters. The Balaban J connectivity index is 2.98. The highest BCUT2D eigenvalue weighted by molar-refractivity contribution is 5.82. The molecule has 0 bridgehead atoms. The minimum atomic E-state index is -1.27. The van der Waals surface area contributed by atoms with Crippen LogP contribution in [-0.2, 0) is 9.59 Å². The Kier molecular flexibility index (Phi) is 3.38. The summed E-state index contributed by atoms with van der Waals surface area (Å²) in [5.41, 5.74) is 0.157. The lowest BCUT2D eigenvalue weighted by molar-refractivity contribution is -0.145. The van der Waals surface area contributed by atoms with E-state index in [-0.39, 0.29) is 5.56 Å². The Morgan fingerprint density at radius 2 is 2.00 bits per heavy atom. The van der Waals surface area contributed by atoms with Gasteiger partial charge in [0.05, 0.1) is 12.3 Å². The van der Waals surface area contributed by atoms with Crippen LogP contribution < -0.4 is 0 Å². The largest absolute Gasteiger partial charge is 0.481 e. The van der Waals surface area contributed by atoms with Gasteiger partial charge in [0.15, 0.2) is 0 Å². The second-order valence-corrected chi connectivity index (χ2v) is 3.04. The van der Waals surface area contributed by atoms with Crippen LogP contribution in [0.3, 0.4) is 0 Å². The van der Waals surface area contributed by atoms with Crippen molar-refractivity contribution in [3.63, 3.8) is 0 Å². The summed E-state index contributed by atoms with van der Waals surface area (Å²) in [6.45, 7) is 0. The van der Waals surface area contributed by atoms with E-state index in [0.717, 1.165) is 6.07 Å². The molecular formula is C10H9FO4. The molecule has 0 saturated carbocycles. The molecule has 0 unspecified atom stereocenters. The average molecular weight is 212 g/mol. The molecule has 4 nitrogen and oxygen atoms in total. The van der Waals surface area contributed by atoms with Gasteiger partial charge in [-0.25, -0.2) is 4.39 Å². The number of carboxylic acids is 2. The van der Waals surface area contributed by atoms with Crippen molar-refractivity contribution in [1.82, 2.24) is 0 Å². The SMILES string of the molecule is O=C(O)C[C@H](C(=O)O)c1cccc(F)c1. The van der Waals surface area contributed by atoms with E-state index in [0.29, 0.717) is 0 Å². The maximum atomic E-state index is 12.8. The van der Waals surface area contributed by atoms with Crippen molar-refractivity contribution in [3.8, 4) is 0 Å². The third-order valence-electron chi connectivity index (χ3n) is 1.93. The molecule has 2 N–H and O–H groups in total. The fraction of sp³-hybridized carbons (Fsp3) is 0.200. The number of aliphatic carboxylic acids is 2. The maximum absolute atomic E-state index is 12.8. The van der Waals surface area contributed by atoms with Crippen LogP contribution in [0, 0.1) is 5.82 Å². The molecule has 0 aliphatic carbocycles. The summed E-state index contributed by atoms with van der Waals surface area (Å²) in [7, 11) is 0. The first-order chi connectivity index (χ1) is 7.00. The van der Waals surface area contributed by atoms with Gasteiger partial charge in [0.2, 0.25) is 0 Å². The third-order valence-corrected chi connectivity index (χ3v) is 1.93. The average Bonchev–Trinajstić information content (AvgIpc) is 2.13. The summed E-state index contributed by atoms with van der Waals surface area (Å²) < 4.78 is 12.8. The number of hydrogen-bond donors (Lipinski definition) is 2. The minimum Gasteiger partial charge on any atom is -0.481 e. The molecule has 15 heavy (non-hydrogen) atoms. The van der Waals surface area contributed by atoms with Crippen molar-refractivity contribution in [2.75, 3.05) is 0 Å². The molecule has 5 heteroatoms. The van der Waals surface area contributed by atoms with Gasteiger partial charge in [0.25, 0.3) is 0 Å². The summed E-state index contributed by atoms with van der Waals surface area (Å²) >= 11 is 0. The Labute approximate surface area is 85.0 Å². The van der Waals surface area contributed by atoms with Gasteiger partial charge in [-0.3, -0.25) is 9.59 Å². The van der Waals surface area contributed by atoms with Gasteiger partial charge in [-0.2, -0.15) is 0 Å². The van der Waals surface area contributed by atoms with Gasteiger partial charge in [-0.1, -0.05) is 12.1 Å². The molecule has 0 aromatic heterocycles. The fourth-order valence-electron chi connectivity index (χ4n) is 1.25. The molecule has 1 aromatic carbocycles. The molecule has 0 fully saturated rings. The van der Waals surface area contributed by atoms with Crippen molar-refractivity contribution < 1.29 is 24.2 Å². The van der Waals surface area contributed by atoms with E-state index < -0.39 is 30.1 Å². The Bertz CT molecular complexity index is 389. The minimum absolute atomic E-state index is 0.157. The number of hydrogen-bond acceptors (Lipinski definition) is 2. The van der Waals surface area contributed by atoms with Crippen LogP contribution in [0.1, 0.15) is 17.9 Å². The first-order valence-electron chi connectivity index (χ1n) is 4.20. The Morgan fingerprint density at radius 1 is 1.33 bits per heavy atom. The van der Waals surface area contributed by atoms with Crippen LogP contribution in [-0.4, -0.2) is 22.2 Å². The van der Waals surface area contributed by atoms with Crippen LogP contribution in [0.4, 0.5) is 4.39 Å².